The first kappa shape index (κ1) is 21.9. The second-order valence-corrected chi connectivity index (χ2v) is 6.74. The number of esters is 1. The van der Waals surface area contributed by atoms with Crippen LogP contribution in [0.4, 0.5) is 16.2 Å². The van der Waals surface area contributed by atoms with Gasteiger partial charge in [-0.3, -0.25) is 4.98 Å². The molecule has 2 heterocycles. The molecular formula is C23H20ClN3O4. The highest BCUT2D eigenvalue weighted by atomic mass is 35.5. The lowest BCUT2D eigenvalue weighted by Crippen LogP contribution is -2.21. The van der Waals surface area contributed by atoms with Gasteiger partial charge in [0, 0.05) is 33.6 Å². The van der Waals surface area contributed by atoms with Gasteiger partial charge in [0.1, 0.15) is 5.76 Å². The summed E-state index contributed by atoms with van der Waals surface area (Å²) in [6, 6.07) is 8.38. The van der Waals surface area contributed by atoms with E-state index in [1.54, 1.807) is 19.2 Å². The summed E-state index contributed by atoms with van der Waals surface area (Å²) in [5.41, 5.74) is 1.04. The molecule has 3 aromatic rings. The Morgan fingerprint density at radius 1 is 1.23 bits per heavy atom. The van der Waals surface area contributed by atoms with Gasteiger partial charge >= 0.3 is 12.0 Å². The van der Waals surface area contributed by atoms with Crippen molar-refractivity contribution in [2.24, 2.45) is 0 Å². The molecule has 2 amide bonds. The van der Waals surface area contributed by atoms with Crippen LogP contribution in [0.15, 0.2) is 77.5 Å². The third kappa shape index (κ3) is 5.02. The Kier molecular flexibility index (Phi) is 6.89. The number of ether oxygens (including phenoxy) is 1. The number of carbonyl (C=O) groups is 2. The van der Waals surface area contributed by atoms with Crippen LogP contribution in [0.5, 0.6) is 0 Å². The lowest BCUT2D eigenvalue weighted by molar-refractivity contribution is 0.0491. The number of anilines is 2. The van der Waals surface area contributed by atoms with Crippen molar-refractivity contribution in [3.8, 4) is 0 Å². The molecule has 0 saturated carbocycles. The fourth-order valence-electron chi connectivity index (χ4n) is 2.88. The Morgan fingerprint density at radius 3 is 2.68 bits per heavy atom. The van der Waals surface area contributed by atoms with Gasteiger partial charge in [0.2, 0.25) is 5.76 Å². The first-order valence-electron chi connectivity index (χ1n) is 9.34. The van der Waals surface area contributed by atoms with Crippen LogP contribution in [-0.4, -0.2) is 23.6 Å². The van der Waals surface area contributed by atoms with Gasteiger partial charge in [-0.25, -0.2) is 9.59 Å². The van der Waals surface area contributed by atoms with E-state index in [9.17, 15) is 9.59 Å². The largest absolute Gasteiger partial charge is 0.460 e. The quantitative estimate of drug-likeness (QED) is 0.351. The number of aromatic nitrogens is 1. The summed E-state index contributed by atoms with van der Waals surface area (Å²) in [5, 5.41) is 7.23. The van der Waals surface area contributed by atoms with Crippen LogP contribution >= 0.6 is 11.6 Å². The number of halogens is 1. The van der Waals surface area contributed by atoms with Gasteiger partial charge in [-0.15, -0.1) is 0 Å². The molecule has 7 nitrogen and oxygen atoms in total. The first-order valence-corrected chi connectivity index (χ1v) is 9.72. The molecule has 0 spiro atoms. The number of hydrogen-bond donors (Lipinski definition) is 2. The minimum Gasteiger partial charge on any atom is -0.460 e. The summed E-state index contributed by atoms with van der Waals surface area (Å²) >= 11 is 6.03. The minimum absolute atomic E-state index is 0.118. The maximum atomic E-state index is 12.7. The van der Waals surface area contributed by atoms with Crippen LogP contribution in [0.2, 0.25) is 0 Å². The van der Waals surface area contributed by atoms with E-state index in [-0.39, 0.29) is 28.8 Å². The van der Waals surface area contributed by atoms with E-state index < -0.39 is 12.0 Å². The molecule has 2 N–H and O–H groups in total. The predicted octanol–water partition coefficient (Wildman–Crippen LogP) is 5.97. The van der Waals surface area contributed by atoms with Crippen molar-refractivity contribution in [2.45, 2.75) is 6.92 Å². The highest BCUT2D eigenvalue weighted by molar-refractivity contribution is 6.36. The van der Waals surface area contributed by atoms with Crippen LogP contribution in [-0.2, 0) is 4.74 Å². The Hall–Kier alpha value is -3.84. The molecule has 158 valence electrons. The number of benzene rings is 1. The Bertz CT molecular complexity index is 1190. The molecule has 0 radical (unpaired) electrons. The van der Waals surface area contributed by atoms with E-state index >= 15 is 0 Å². The van der Waals surface area contributed by atoms with Gasteiger partial charge in [-0.1, -0.05) is 61.2 Å². The van der Waals surface area contributed by atoms with Gasteiger partial charge < -0.3 is 19.8 Å². The SMILES string of the molecule is C=C/C=C(\C(=C)Cl)c1cc(NC(=O)Nc2cncc3ccccc23)c(C(=O)OCC)o1. The van der Waals surface area contributed by atoms with Gasteiger partial charge in [0.25, 0.3) is 0 Å². The molecule has 0 unspecified atom stereocenters. The van der Waals surface area contributed by atoms with E-state index in [1.807, 2.05) is 24.3 Å². The standard InChI is InChI=1S/C23H20ClN3O4/c1-4-8-16(14(3)24)20-11-18(21(31-20)22(28)30-5-2)26-23(29)27-19-13-25-12-15-9-6-7-10-17(15)19/h4,6-13H,1,3,5H2,2H3,(H2,26,27,29)/b16-8+. The molecular weight excluding hydrogens is 418 g/mol. The van der Waals surface area contributed by atoms with Crippen molar-refractivity contribution in [1.82, 2.24) is 4.98 Å². The van der Waals surface area contributed by atoms with Crippen molar-refractivity contribution in [1.29, 1.82) is 0 Å². The summed E-state index contributed by atoms with van der Waals surface area (Å²) in [5.74, 6) is -0.671. The number of nitrogens with one attached hydrogen (secondary N) is 2. The molecule has 0 atom stereocenters. The van der Waals surface area contributed by atoms with Crippen LogP contribution in [0, 0.1) is 0 Å². The molecule has 2 aromatic heterocycles. The summed E-state index contributed by atoms with van der Waals surface area (Å²) in [4.78, 5) is 29.2. The van der Waals surface area contributed by atoms with Crippen molar-refractivity contribution < 1.29 is 18.7 Å². The number of nitrogens with zero attached hydrogens (tertiary/aromatic N) is 1. The molecule has 0 aliphatic heterocycles. The average Bonchev–Trinajstić information content (AvgIpc) is 3.15. The van der Waals surface area contributed by atoms with Crippen LogP contribution in [0.1, 0.15) is 23.2 Å². The monoisotopic (exact) mass is 437 g/mol. The van der Waals surface area contributed by atoms with E-state index in [0.717, 1.165) is 10.8 Å². The van der Waals surface area contributed by atoms with Crippen molar-refractivity contribution >= 4 is 51.3 Å². The molecule has 0 bridgehead atoms. The Balaban J connectivity index is 1.92. The highest BCUT2D eigenvalue weighted by Gasteiger charge is 2.23. The predicted molar refractivity (Wildman–Crippen MR) is 122 cm³/mol. The maximum Gasteiger partial charge on any atom is 0.376 e. The number of amides is 2. The molecule has 1 aromatic carbocycles. The smallest absolute Gasteiger partial charge is 0.376 e. The normalized spacial score (nSPS) is 11.1. The Morgan fingerprint density at radius 2 is 1.97 bits per heavy atom. The average molecular weight is 438 g/mol. The summed E-state index contributed by atoms with van der Waals surface area (Å²) in [7, 11) is 0. The second kappa shape index (κ2) is 9.77. The molecule has 0 saturated heterocycles. The molecule has 0 aliphatic carbocycles. The molecule has 0 aliphatic rings. The van der Waals surface area contributed by atoms with Gasteiger partial charge in [-0.05, 0) is 6.92 Å². The maximum absolute atomic E-state index is 12.7. The van der Waals surface area contributed by atoms with Gasteiger partial charge in [0.15, 0.2) is 0 Å². The third-order valence-electron chi connectivity index (χ3n) is 4.20. The lowest BCUT2D eigenvalue weighted by Gasteiger charge is -2.09. The molecule has 3 rings (SSSR count). The number of hydrogen-bond acceptors (Lipinski definition) is 5. The van der Waals surface area contributed by atoms with Crippen LogP contribution in [0.25, 0.3) is 16.3 Å². The van der Waals surface area contributed by atoms with Gasteiger partial charge in [-0.2, -0.15) is 0 Å². The van der Waals surface area contributed by atoms with E-state index in [1.165, 1.54) is 18.3 Å². The summed E-state index contributed by atoms with van der Waals surface area (Å²) in [6.45, 7) is 9.11. The fourth-order valence-corrected chi connectivity index (χ4v) is 3.04. The van der Waals surface area contributed by atoms with E-state index in [2.05, 4.69) is 28.8 Å². The van der Waals surface area contributed by atoms with E-state index in [4.69, 9.17) is 20.8 Å². The van der Waals surface area contributed by atoms with Crippen molar-refractivity contribution in [3.05, 3.63) is 84.6 Å². The van der Waals surface area contributed by atoms with Crippen LogP contribution < -0.4 is 10.6 Å². The number of fused-ring (bicyclic) bond motifs is 1. The number of carbonyl (C=O) groups excluding carboxylic acids is 2. The molecule has 31 heavy (non-hydrogen) atoms. The van der Waals surface area contributed by atoms with E-state index in [0.29, 0.717) is 11.3 Å². The number of urea groups is 1. The molecule has 8 heteroatoms. The summed E-state index contributed by atoms with van der Waals surface area (Å²) in [6.07, 6.45) is 6.32. The number of rotatable bonds is 7. The third-order valence-corrected chi connectivity index (χ3v) is 4.40. The first-order chi connectivity index (χ1) is 14.9. The zero-order valence-electron chi connectivity index (χ0n) is 16.8. The number of allylic oxidation sites excluding steroid dienone is 4. The van der Waals surface area contributed by atoms with Crippen molar-refractivity contribution in [2.75, 3.05) is 17.2 Å². The number of pyridine rings is 1. The van der Waals surface area contributed by atoms with Crippen LogP contribution in [0.3, 0.4) is 0 Å². The molecule has 0 fully saturated rings. The second-order valence-electron chi connectivity index (χ2n) is 6.28. The fraction of sp³-hybridized carbons (Fsp3) is 0.0870. The topological polar surface area (TPSA) is 93.5 Å². The zero-order valence-corrected chi connectivity index (χ0v) is 17.5. The number of furan rings is 1. The van der Waals surface area contributed by atoms with Crippen molar-refractivity contribution in [3.63, 3.8) is 0 Å². The highest BCUT2D eigenvalue weighted by Crippen LogP contribution is 2.32. The van der Waals surface area contributed by atoms with Gasteiger partial charge in [0.05, 0.1) is 24.2 Å². The zero-order chi connectivity index (χ0) is 22.4. The summed E-state index contributed by atoms with van der Waals surface area (Å²) < 4.78 is 10.7. The Labute approximate surface area is 184 Å². The lowest BCUT2D eigenvalue weighted by atomic mass is 10.1. The minimum atomic E-state index is -0.728.